The molecule has 0 spiro atoms. The minimum atomic E-state index is -0.151. The summed E-state index contributed by atoms with van der Waals surface area (Å²) in [4.78, 5) is 26.9. The minimum absolute atomic E-state index is 0.0671. The highest BCUT2D eigenvalue weighted by atomic mass is 16.5. The lowest BCUT2D eigenvalue weighted by atomic mass is 10.1. The molecule has 132 valence electrons. The summed E-state index contributed by atoms with van der Waals surface area (Å²) in [5, 5.41) is 6.91. The normalized spacial score (nSPS) is 16.9. The van der Waals surface area contributed by atoms with Gasteiger partial charge in [0.1, 0.15) is 11.5 Å². The van der Waals surface area contributed by atoms with Crippen LogP contribution in [0.25, 0.3) is 0 Å². The van der Waals surface area contributed by atoms with Gasteiger partial charge in [-0.15, -0.1) is 0 Å². The lowest BCUT2D eigenvalue weighted by molar-refractivity contribution is 0.0731. The SMILES string of the molecule is CCCNC(=O)c1cccc(C(=O)N2CCCC2c2cc(C)on2)c1. The molecule has 3 rings (SSSR count). The third-order valence-corrected chi connectivity index (χ3v) is 4.41. The Kier molecular flexibility index (Phi) is 5.16. The molecule has 2 aromatic rings. The minimum Gasteiger partial charge on any atom is -0.361 e. The van der Waals surface area contributed by atoms with Gasteiger partial charge in [-0.3, -0.25) is 9.59 Å². The summed E-state index contributed by atoms with van der Waals surface area (Å²) >= 11 is 0. The van der Waals surface area contributed by atoms with Crippen molar-refractivity contribution < 1.29 is 14.1 Å². The first kappa shape index (κ1) is 17.2. The van der Waals surface area contributed by atoms with Crippen molar-refractivity contribution in [2.45, 2.75) is 39.2 Å². The summed E-state index contributed by atoms with van der Waals surface area (Å²) in [6, 6.07) is 8.70. The summed E-state index contributed by atoms with van der Waals surface area (Å²) in [7, 11) is 0. The molecule has 25 heavy (non-hydrogen) atoms. The zero-order valence-electron chi connectivity index (χ0n) is 14.6. The van der Waals surface area contributed by atoms with E-state index in [9.17, 15) is 9.59 Å². The van der Waals surface area contributed by atoms with E-state index in [1.807, 2.05) is 24.8 Å². The van der Waals surface area contributed by atoms with Crippen molar-refractivity contribution in [3.05, 3.63) is 52.9 Å². The van der Waals surface area contributed by atoms with Gasteiger partial charge in [0, 0.05) is 30.3 Å². The van der Waals surface area contributed by atoms with E-state index in [1.165, 1.54) is 0 Å². The van der Waals surface area contributed by atoms with Gasteiger partial charge in [0.2, 0.25) is 0 Å². The molecule has 1 fully saturated rings. The molecular formula is C19H23N3O3. The number of carbonyl (C=O) groups is 2. The second-order valence-corrected chi connectivity index (χ2v) is 6.36. The maximum absolute atomic E-state index is 13.0. The average molecular weight is 341 g/mol. The molecule has 1 aromatic heterocycles. The second kappa shape index (κ2) is 7.51. The van der Waals surface area contributed by atoms with E-state index in [-0.39, 0.29) is 17.9 Å². The molecule has 6 heteroatoms. The number of benzene rings is 1. The van der Waals surface area contributed by atoms with Gasteiger partial charge in [0.15, 0.2) is 0 Å². The molecule has 1 aliphatic heterocycles. The van der Waals surface area contributed by atoms with Gasteiger partial charge >= 0.3 is 0 Å². The van der Waals surface area contributed by atoms with E-state index in [0.29, 0.717) is 24.2 Å². The van der Waals surface area contributed by atoms with E-state index in [4.69, 9.17) is 4.52 Å². The quantitative estimate of drug-likeness (QED) is 0.907. The van der Waals surface area contributed by atoms with Crippen molar-refractivity contribution in [3.63, 3.8) is 0 Å². The fourth-order valence-electron chi connectivity index (χ4n) is 3.16. The molecule has 1 saturated heterocycles. The summed E-state index contributed by atoms with van der Waals surface area (Å²) in [6.45, 7) is 5.15. The Morgan fingerprint density at radius 2 is 2.12 bits per heavy atom. The van der Waals surface area contributed by atoms with Crippen molar-refractivity contribution in [3.8, 4) is 0 Å². The van der Waals surface area contributed by atoms with Crippen molar-refractivity contribution in [1.29, 1.82) is 0 Å². The van der Waals surface area contributed by atoms with E-state index >= 15 is 0 Å². The third kappa shape index (κ3) is 3.73. The van der Waals surface area contributed by atoms with Crippen LogP contribution < -0.4 is 5.32 Å². The van der Waals surface area contributed by atoms with Crippen LogP contribution >= 0.6 is 0 Å². The van der Waals surface area contributed by atoms with Crippen LogP contribution in [0.4, 0.5) is 0 Å². The van der Waals surface area contributed by atoms with Gasteiger partial charge in [-0.2, -0.15) is 0 Å². The molecule has 0 aliphatic carbocycles. The number of rotatable bonds is 5. The Morgan fingerprint density at radius 3 is 2.84 bits per heavy atom. The molecule has 0 bridgehead atoms. The molecule has 1 unspecified atom stereocenters. The summed E-state index contributed by atoms with van der Waals surface area (Å²) in [6.07, 6.45) is 2.67. The van der Waals surface area contributed by atoms with Crippen LogP contribution in [-0.2, 0) is 0 Å². The Balaban J connectivity index is 1.79. The van der Waals surface area contributed by atoms with Gasteiger partial charge in [0.25, 0.3) is 11.8 Å². The Morgan fingerprint density at radius 1 is 1.32 bits per heavy atom. The number of hydrogen-bond acceptors (Lipinski definition) is 4. The van der Waals surface area contributed by atoms with Crippen LogP contribution in [0.3, 0.4) is 0 Å². The van der Waals surface area contributed by atoms with Gasteiger partial charge < -0.3 is 14.7 Å². The highest BCUT2D eigenvalue weighted by Gasteiger charge is 2.32. The Bertz CT molecular complexity index is 769. The lowest BCUT2D eigenvalue weighted by Crippen LogP contribution is -2.31. The van der Waals surface area contributed by atoms with Crippen molar-refractivity contribution in [2.24, 2.45) is 0 Å². The van der Waals surface area contributed by atoms with Crippen molar-refractivity contribution in [2.75, 3.05) is 13.1 Å². The average Bonchev–Trinajstić information content (AvgIpc) is 3.27. The standard InChI is InChI=1S/C19H23N3O3/c1-3-9-20-18(23)14-6-4-7-15(12-14)19(24)22-10-5-8-17(22)16-11-13(2)25-21-16/h4,6-7,11-12,17H,3,5,8-10H2,1-2H3,(H,20,23). The molecule has 2 heterocycles. The van der Waals surface area contributed by atoms with Gasteiger partial charge in [-0.05, 0) is 44.4 Å². The maximum Gasteiger partial charge on any atom is 0.254 e. The molecule has 6 nitrogen and oxygen atoms in total. The number of aromatic nitrogens is 1. The van der Waals surface area contributed by atoms with Gasteiger partial charge in [0.05, 0.1) is 6.04 Å². The number of nitrogens with zero attached hydrogens (tertiary/aromatic N) is 2. The molecule has 1 aliphatic rings. The van der Waals surface area contributed by atoms with Crippen LogP contribution in [0.5, 0.6) is 0 Å². The highest BCUT2D eigenvalue weighted by Crippen LogP contribution is 2.32. The van der Waals surface area contributed by atoms with Crippen LogP contribution in [0.2, 0.25) is 0 Å². The van der Waals surface area contributed by atoms with E-state index in [2.05, 4.69) is 10.5 Å². The van der Waals surface area contributed by atoms with Crippen molar-refractivity contribution >= 4 is 11.8 Å². The first-order valence-electron chi connectivity index (χ1n) is 8.72. The number of carbonyl (C=O) groups excluding carboxylic acids is 2. The zero-order chi connectivity index (χ0) is 17.8. The molecule has 1 atom stereocenters. The van der Waals surface area contributed by atoms with Crippen LogP contribution in [0.15, 0.2) is 34.9 Å². The predicted molar refractivity (Wildman–Crippen MR) is 93.3 cm³/mol. The fourth-order valence-corrected chi connectivity index (χ4v) is 3.16. The number of hydrogen-bond donors (Lipinski definition) is 1. The Hall–Kier alpha value is -2.63. The fraction of sp³-hybridized carbons (Fsp3) is 0.421. The monoisotopic (exact) mass is 341 g/mol. The van der Waals surface area contributed by atoms with Gasteiger partial charge in [-0.1, -0.05) is 18.1 Å². The smallest absolute Gasteiger partial charge is 0.254 e. The zero-order valence-corrected chi connectivity index (χ0v) is 14.6. The van der Waals surface area contributed by atoms with Gasteiger partial charge in [-0.25, -0.2) is 0 Å². The first-order chi connectivity index (χ1) is 12.1. The number of aryl methyl sites for hydroxylation is 1. The topological polar surface area (TPSA) is 75.4 Å². The molecule has 1 aromatic carbocycles. The number of likely N-dealkylation sites (tertiary alicyclic amines) is 1. The van der Waals surface area contributed by atoms with Crippen molar-refractivity contribution in [1.82, 2.24) is 15.4 Å². The molecule has 0 radical (unpaired) electrons. The molecule has 1 N–H and O–H groups in total. The predicted octanol–water partition coefficient (Wildman–Crippen LogP) is 3.10. The van der Waals surface area contributed by atoms with E-state index in [1.54, 1.807) is 24.3 Å². The molecular weight excluding hydrogens is 318 g/mol. The number of nitrogens with one attached hydrogen (secondary N) is 1. The molecule has 2 amide bonds. The highest BCUT2D eigenvalue weighted by molar-refractivity contribution is 5.99. The van der Waals surface area contributed by atoms with Crippen LogP contribution in [0, 0.1) is 6.92 Å². The summed E-state index contributed by atoms with van der Waals surface area (Å²) in [5.41, 5.74) is 1.82. The van der Waals surface area contributed by atoms with E-state index < -0.39 is 0 Å². The van der Waals surface area contributed by atoms with E-state index in [0.717, 1.165) is 30.7 Å². The number of amides is 2. The lowest BCUT2D eigenvalue weighted by Gasteiger charge is -2.23. The largest absolute Gasteiger partial charge is 0.361 e. The molecule has 0 saturated carbocycles. The third-order valence-electron chi connectivity index (χ3n) is 4.41. The Labute approximate surface area is 147 Å². The maximum atomic E-state index is 13.0. The summed E-state index contributed by atoms with van der Waals surface area (Å²) < 4.78 is 5.16. The second-order valence-electron chi connectivity index (χ2n) is 6.36. The summed E-state index contributed by atoms with van der Waals surface area (Å²) in [5.74, 6) is 0.513. The van der Waals surface area contributed by atoms with Crippen LogP contribution in [0.1, 0.15) is 64.4 Å². The van der Waals surface area contributed by atoms with Crippen LogP contribution in [-0.4, -0.2) is 35.0 Å². The first-order valence-corrected chi connectivity index (χ1v) is 8.72.